The maximum atomic E-state index is 14.0. The zero-order valence-corrected chi connectivity index (χ0v) is 19.8. The number of benzene rings is 3. The van der Waals surface area contributed by atoms with Crippen molar-refractivity contribution in [2.75, 3.05) is 6.54 Å². The largest absolute Gasteiger partial charge is 0.356 e. The molecule has 3 aromatic carbocycles. The first-order valence-corrected chi connectivity index (χ1v) is 12.0. The van der Waals surface area contributed by atoms with Gasteiger partial charge in [-0.3, -0.25) is 19.3 Å². The van der Waals surface area contributed by atoms with E-state index in [0.29, 0.717) is 35.4 Å². The Morgan fingerprint density at radius 2 is 1.57 bits per heavy atom. The first-order valence-electron chi connectivity index (χ1n) is 12.0. The number of rotatable bonds is 5. The Hall–Kier alpha value is -4.59. The molecule has 2 aliphatic heterocycles. The molecule has 0 saturated carbocycles. The molecule has 0 radical (unpaired) electrons. The summed E-state index contributed by atoms with van der Waals surface area (Å²) in [6.45, 7) is 0.578. The lowest BCUT2D eigenvalue weighted by Crippen LogP contribution is -2.53. The van der Waals surface area contributed by atoms with E-state index >= 15 is 0 Å². The van der Waals surface area contributed by atoms with Crippen LogP contribution in [0.5, 0.6) is 0 Å². The summed E-state index contributed by atoms with van der Waals surface area (Å²) in [7, 11) is 0. The molecule has 6 rings (SSSR count). The molecule has 0 N–H and O–H groups in total. The number of imide groups is 1. The Morgan fingerprint density at radius 3 is 2.24 bits per heavy atom. The third kappa shape index (κ3) is 4.00. The summed E-state index contributed by atoms with van der Waals surface area (Å²) >= 11 is 0. The van der Waals surface area contributed by atoms with Gasteiger partial charge in [-0.05, 0) is 42.0 Å². The molecule has 8 heteroatoms. The molecular weight excluding hydrogens is 473 g/mol. The van der Waals surface area contributed by atoms with E-state index in [-0.39, 0.29) is 24.7 Å². The molecule has 2 aliphatic rings. The minimum atomic E-state index is -1.01. The molecule has 3 heterocycles. The summed E-state index contributed by atoms with van der Waals surface area (Å²) in [6, 6.07) is 20.9. The summed E-state index contributed by atoms with van der Waals surface area (Å²) in [6.07, 6.45) is 0.662. The highest BCUT2D eigenvalue weighted by atomic mass is 19.1. The number of carbonyl (C=O) groups excluding carboxylic acids is 3. The van der Waals surface area contributed by atoms with Crippen LogP contribution in [0, 0.1) is 5.82 Å². The summed E-state index contributed by atoms with van der Waals surface area (Å²) in [5.41, 5.74) is 3.59. The van der Waals surface area contributed by atoms with Gasteiger partial charge in [0.15, 0.2) is 5.76 Å². The van der Waals surface area contributed by atoms with Crippen molar-refractivity contribution in [3.05, 3.63) is 113 Å². The lowest BCUT2D eigenvalue weighted by Gasteiger charge is -2.33. The van der Waals surface area contributed by atoms with E-state index in [4.69, 9.17) is 4.52 Å². The van der Waals surface area contributed by atoms with E-state index in [0.717, 1.165) is 21.7 Å². The Bertz CT molecular complexity index is 1480. The second-order valence-corrected chi connectivity index (χ2v) is 9.19. The van der Waals surface area contributed by atoms with Crippen molar-refractivity contribution >= 4 is 17.7 Å². The SMILES string of the molecule is O=C(C(Cc1ccccc1)N1C(=O)c2ccccc2C1=O)N1CCc2noc(-c3ccc(F)cc3)c2C1. The van der Waals surface area contributed by atoms with Crippen LogP contribution in [0.1, 0.15) is 37.5 Å². The van der Waals surface area contributed by atoms with Crippen LogP contribution in [-0.2, 0) is 24.2 Å². The second-order valence-electron chi connectivity index (χ2n) is 9.19. The van der Waals surface area contributed by atoms with Gasteiger partial charge >= 0.3 is 0 Å². The number of hydrogen-bond acceptors (Lipinski definition) is 5. The van der Waals surface area contributed by atoms with E-state index in [1.165, 1.54) is 12.1 Å². The average molecular weight is 496 g/mol. The van der Waals surface area contributed by atoms with Crippen molar-refractivity contribution in [2.24, 2.45) is 0 Å². The molecule has 0 bridgehead atoms. The number of aromatic nitrogens is 1. The number of halogens is 1. The third-order valence-electron chi connectivity index (χ3n) is 6.95. The fraction of sp³-hybridized carbons (Fsp3) is 0.172. The summed E-state index contributed by atoms with van der Waals surface area (Å²) in [5.74, 6) is -1.14. The van der Waals surface area contributed by atoms with Crippen molar-refractivity contribution < 1.29 is 23.3 Å². The molecule has 0 spiro atoms. The van der Waals surface area contributed by atoms with E-state index in [1.54, 1.807) is 41.3 Å². The van der Waals surface area contributed by atoms with Crippen LogP contribution in [0.3, 0.4) is 0 Å². The van der Waals surface area contributed by atoms with Crippen molar-refractivity contribution in [1.82, 2.24) is 15.0 Å². The number of carbonyl (C=O) groups is 3. The normalized spacial score (nSPS) is 15.5. The van der Waals surface area contributed by atoms with Gasteiger partial charge in [0.25, 0.3) is 11.8 Å². The van der Waals surface area contributed by atoms with Gasteiger partial charge in [-0.15, -0.1) is 0 Å². The van der Waals surface area contributed by atoms with Gasteiger partial charge in [0.1, 0.15) is 11.9 Å². The van der Waals surface area contributed by atoms with Crippen molar-refractivity contribution in [1.29, 1.82) is 0 Å². The fourth-order valence-corrected chi connectivity index (χ4v) is 5.06. The molecule has 7 nitrogen and oxygen atoms in total. The van der Waals surface area contributed by atoms with Gasteiger partial charge in [-0.1, -0.05) is 47.6 Å². The van der Waals surface area contributed by atoms with Crippen LogP contribution in [0.2, 0.25) is 0 Å². The zero-order valence-electron chi connectivity index (χ0n) is 19.8. The Labute approximate surface area is 212 Å². The molecule has 0 aliphatic carbocycles. The highest BCUT2D eigenvalue weighted by molar-refractivity contribution is 6.22. The second kappa shape index (κ2) is 9.13. The van der Waals surface area contributed by atoms with Crippen LogP contribution < -0.4 is 0 Å². The molecule has 1 atom stereocenters. The van der Waals surface area contributed by atoms with Crippen LogP contribution >= 0.6 is 0 Å². The quantitative estimate of drug-likeness (QED) is 0.386. The fourth-order valence-electron chi connectivity index (χ4n) is 5.06. The topological polar surface area (TPSA) is 83.7 Å². The first-order chi connectivity index (χ1) is 18.0. The smallest absolute Gasteiger partial charge is 0.262 e. The first kappa shape index (κ1) is 22.8. The van der Waals surface area contributed by atoms with E-state index in [1.807, 2.05) is 30.3 Å². The van der Waals surface area contributed by atoms with Crippen molar-refractivity contribution in [3.63, 3.8) is 0 Å². The van der Waals surface area contributed by atoms with E-state index < -0.39 is 17.9 Å². The van der Waals surface area contributed by atoms with Crippen LogP contribution in [0.15, 0.2) is 83.4 Å². The molecular formula is C29H22FN3O4. The van der Waals surface area contributed by atoms with Gasteiger partial charge in [0, 0.05) is 30.5 Å². The van der Waals surface area contributed by atoms with Crippen LogP contribution in [0.25, 0.3) is 11.3 Å². The zero-order chi connectivity index (χ0) is 25.5. The lowest BCUT2D eigenvalue weighted by molar-refractivity contribution is -0.136. The minimum Gasteiger partial charge on any atom is -0.356 e. The minimum absolute atomic E-state index is 0.197. The van der Waals surface area contributed by atoms with Gasteiger partial charge in [0.05, 0.1) is 23.4 Å². The van der Waals surface area contributed by atoms with Crippen LogP contribution in [0.4, 0.5) is 4.39 Å². The molecule has 4 aromatic rings. The monoisotopic (exact) mass is 495 g/mol. The Balaban J connectivity index is 1.33. The van der Waals surface area contributed by atoms with Crippen molar-refractivity contribution in [2.45, 2.75) is 25.4 Å². The molecule has 3 amide bonds. The molecule has 1 unspecified atom stereocenters. The average Bonchev–Trinajstić information content (AvgIpc) is 3.46. The highest BCUT2D eigenvalue weighted by Crippen LogP contribution is 2.32. The van der Waals surface area contributed by atoms with Crippen molar-refractivity contribution in [3.8, 4) is 11.3 Å². The molecule has 184 valence electrons. The number of fused-ring (bicyclic) bond motifs is 2. The maximum absolute atomic E-state index is 14.0. The number of nitrogens with zero attached hydrogens (tertiary/aromatic N) is 3. The summed E-state index contributed by atoms with van der Waals surface area (Å²) < 4.78 is 19.0. The molecule has 37 heavy (non-hydrogen) atoms. The predicted octanol–water partition coefficient (Wildman–Crippen LogP) is 4.27. The van der Waals surface area contributed by atoms with Gasteiger partial charge < -0.3 is 9.42 Å². The third-order valence-corrected chi connectivity index (χ3v) is 6.95. The van der Waals surface area contributed by atoms with Gasteiger partial charge in [-0.2, -0.15) is 0 Å². The lowest BCUT2D eigenvalue weighted by atomic mass is 9.99. The highest BCUT2D eigenvalue weighted by Gasteiger charge is 2.44. The molecule has 0 saturated heterocycles. The summed E-state index contributed by atoms with van der Waals surface area (Å²) in [5, 5.41) is 4.17. The maximum Gasteiger partial charge on any atom is 0.262 e. The molecule has 1 aromatic heterocycles. The van der Waals surface area contributed by atoms with Crippen LogP contribution in [-0.4, -0.2) is 45.3 Å². The summed E-state index contributed by atoms with van der Waals surface area (Å²) in [4.78, 5) is 43.4. The Morgan fingerprint density at radius 1 is 0.919 bits per heavy atom. The van der Waals surface area contributed by atoms with E-state index in [2.05, 4.69) is 5.16 Å². The predicted molar refractivity (Wildman–Crippen MR) is 132 cm³/mol. The number of hydrogen-bond donors (Lipinski definition) is 0. The number of amides is 3. The van der Waals surface area contributed by atoms with Gasteiger partial charge in [-0.25, -0.2) is 4.39 Å². The van der Waals surface area contributed by atoms with Gasteiger partial charge in [0.2, 0.25) is 5.91 Å². The van der Waals surface area contributed by atoms with E-state index in [9.17, 15) is 18.8 Å². The standard InChI is InChI=1S/C29H22FN3O4/c30-20-12-10-19(11-13-20)26-23-17-32(15-14-24(23)31-37-26)29(36)25(16-18-6-2-1-3-7-18)33-27(34)21-8-4-5-9-22(21)28(33)35/h1-13,25H,14-17H2. The molecule has 0 fully saturated rings. The Kier molecular flexibility index (Phi) is 5.64.